The van der Waals surface area contributed by atoms with Crippen molar-refractivity contribution in [1.82, 2.24) is 10.2 Å². The van der Waals surface area contributed by atoms with Gasteiger partial charge in [0, 0.05) is 36.3 Å². The number of hydrogen-bond acceptors (Lipinski definition) is 6. The first-order chi connectivity index (χ1) is 20.7. The number of benzene rings is 2. The van der Waals surface area contributed by atoms with E-state index in [4.69, 9.17) is 0 Å². The summed E-state index contributed by atoms with van der Waals surface area (Å²) in [6.07, 6.45) is 1.34. The quantitative estimate of drug-likeness (QED) is 0.328. The maximum absolute atomic E-state index is 14.5. The van der Waals surface area contributed by atoms with Crippen LogP contribution in [0.15, 0.2) is 54.6 Å². The Hall–Kier alpha value is -3.04. The van der Waals surface area contributed by atoms with E-state index >= 15 is 0 Å². The molecule has 8 nitrogen and oxygen atoms in total. The van der Waals surface area contributed by atoms with Crippen molar-refractivity contribution in [2.75, 3.05) is 29.9 Å². The number of rotatable bonds is 12. The fraction of sp³-hybridized carbons (Fsp3) is 0.559. The van der Waals surface area contributed by atoms with E-state index < -0.39 is 28.7 Å². The largest absolute Gasteiger partial charge is 0.394 e. The van der Waals surface area contributed by atoms with Crippen LogP contribution in [0.2, 0.25) is 0 Å². The summed E-state index contributed by atoms with van der Waals surface area (Å²) in [6.45, 7) is 12.4. The average molecular weight is 607 g/mol. The molecular formula is C34H46N4O4S. The molecule has 3 amide bonds. The van der Waals surface area contributed by atoms with E-state index in [1.807, 2.05) is 54.6 Å². The molecule has 0 aliphatic carbocycles. The van der Waals surface area contributed by atoms with Gasteiger partial charge in [0.1, 0.15) is 6.04 Å². The highest BCUT2D eigenvalue weighted by molar-refractivity contribution is 8.02. The first-order valence-electron chi connectivity index (χ1n) is 15.7. The molecule has 0 saturated carbocycles. The van der Waals surface area contributed by atoms with Gasteiger partial charge in [0.2, 0.25) is 17.7 Å². The average Bonchev–Trinajstić information content (AvgIpc) is 3.60. The minimum Gasteiger partial charge on any atom is -0.394 e. The van der Waals surface area contributed by atoms with Crippen LogP contribution in [0.5, 0.6) is 0 Å². The van der Waals surface area contributed by atoms with Gasteiger partial charge in [-0.1, -0.05) is 51.1 Å². The summed E-state index contributed by atoms with van der Waals surface area (Å²) in [5.74, 6) is -1.44. The van der Waals surface area contributed by atoms with Gasteiger partial charge in [-0.25, -0.2) is 0 Å². The highest BCUT2D eigenvalue weighted by Crippen LogP contribution is 2.69. The number of likely N-dealkylation sites (tertiary alicyclic amines) is 1. The fourth-order valence-corrected chi connectivity index (χ4v) is 10.1. The summed E-state index contributed by atoms with van der Waals surface area (Å²) in [7, 11) is 0. The molecule has 5 rings (SSSR count). The Kier molecular flexibility index (Phi) is 9.42. The molecule has 2 bridgehead atoms. The first kappa shape index (κ1) is 31.4. The number of nitrogens with zero attached hydrogens (tertiary/aromatic N) is 2. The van der Waals surface area contributed by atoms with Gasteiger partial charge in [-0.15, -0.1) is 11.8 Å². The number of fused-ring (bicyclic) bond motifs is 1. The molecule has 7 atom stereocenters. The maximum atomic E-state index is 14.5. The van der Waals surface area contributed by atoms with Gasteiger partial charge in [0.25, 0.3) is 0 Å². The highest BCUT2D eigenvalue weighted by atomic mass is 32.2. The third-order valence-electron chi connectivity index (χ3n) is 9.66. The summed E-state index contributed by atoms with van der Waals surface area (Å²) in [6, 6.07) is 16.3. The van der Waals surface area contributed by atoms with E-state index in [1.165, 1.54) is 0 Å². The molecule has 3 unspecified atom stereocenters. The van der Waals surface area contributed by atoms with Gasteiger partial charge in [-0.2, -0.15) is 0 Å². The summed E-state index contributed by atoms with van der Waals surface area (Å²) >= 11 is 1.66. The highest BCUT2D eigenvalue weighted by Gasteiger charge is 2.76. The number of aliphatic hydroxyl groups is 1. The second-order valence-electron chi connectivity index (χ2n) is 12.7. The van der Waals surface area contributed by atoms with Gasteiger partial charge < -0.3 is 25.5 Å². The molecule has 3 saturated heterocycles. The van der Waals surface area contributed by atoms with Gasteiger partial charge in [-0.05, 0) is 68.4 Å². The van der Waals surface area contributed by atoms with Crippen LogP contribution in [0, 0.1) is 23.7 Å². The predicted octanol–water partition coefficient (Wildman–Crippen LogP) is 4.53. The zero-order valence-corrected chi connectivity index (χ0v) is 26.8. The lowest BCUT2D eigenvalue weighted by atomic mass is 9.66. The van der Waals surface area contributed by atoms with Gasteiger partial charge in [0.05, 0.1) is 29.2 Å². The minimum atomic E-state index is -0.791. The van der Waals surface area contributed by atoms with Crippen LogP contribution in [-0.2, 0) is 20.9 Å². The van der Waals surface area contributed by atoms with Crippen molar-refractivity contribution in [1.29, 1.82) is 0 Å². The lowest BCUT2D eigenvalue weighted by molar-refractivity contribution is -0.142. The number of carbonyl (C=O) groups is 3. The van der Waals surface area contributed by atoms with E-state index in [1.54, 1.807) is 16.7 Å². The van der Waals surface area contributed by atoms with Gasteiger partial charge in [-0.3, -0.25) is 14.4 Å². The maximum Gasteiger partial charge on any atom is 0.248 e. The Morgan fingerprint density at radius 3 is 2.35 bits per heavy atom. The smallest absolute Gasteiger partial charge is 0.248 e. The van der Waals surface area contributed by atoms with E-state index in [9.17, 15) is 19.5 Å². The standard InChI is InChI=1S/C34H46N4O4S/c1-6-37(7-2)25-15-13-24(14-16-25)36-32(41)30-34-22(5)18-27(43-34)28(31(40)35-19-23-11-9-8-10-12-23)29(34)33(42)38(30)26(20-39)17-21(3)4/h8-16,21-22,26-30,39H,6-7,17-20H2,1-5H3,(H,35,40)(H,36,41)/t22?,26-,27+,28-,29+,30?,34?/m1/s1. The molecule has 3 N–H and O–H groups in total. The molecule has 3 aliphatic rings. The Morgan fingerprint density at radius 2 is 1.74 bits per heavy atom. The van der Waals surface area contributed by atoms with E-state index in [-0.39, 0.29) is 41.4 Å². The summed E-state index contributed by atoms with van der Waals surface area (Å²) < 4.78 is -0.744. The Bertz CT molecular complexity index is 1300. The third-order valence-corrected chi connectivity index (χ3v) is 11.7. The molecule has 3 aliphatic heterocycles. The fourth-order valence-electron chi connectivity index (χ4n) is 7.73. The predicted molar refractivity (Wildman–Crippen MR) is 173 cm³/mol. The van der Waals surface area contributed by atoms with Crippen LogP contribution in [-0.4, -0.2) is 69.5 Å². The zero-order chi connectivity index (χ0) is 30.9. The molecule has 3 heterocycles. The van der Waals surface area contributed by atoms with Crippen molar-refractivity contribution < 1.29 is 19.5 Å². The lowest BCUT2D eigenvalue weighted by Gasteiger charge is -2.40. The van der Waals surface area contributed by atoms with E-state index in [0.717, 1.165) is 30.8 Å². The molecule has 0 aromatic heterocycles. The van der Waals surface area contributed by atoms with Crippen LogP contribution in [0.1, 0.15) is 53.0 Å². The molecule has 2 aromatic carbocycles. The normalized spacial score (nSPS) is 28.2. The van der Waals surface area contributed by atoms with Crippen molar-refractivity contribution in [2.24, 2.45) is 23.7 Å². The van der Waals surface area contributed by atoms with Gasteiger partial charge >= 0.3 is 0 Å². The number of thioether (sulfide) groups is 1. The summed E-state index contributed by atoms with van der Waals surface area (Å²) in [5, 5.41) is 16.7. The molecule has 9 heteroatoms. The molecule has 43 heavy (non-hydrogen) atoms. The third kappa shape index (κ3) is 5.66. The second kappa shape index (κ2) is 12.9. The summed E-state index contributed by atoms with van der Waals surface area (Å²) in [4.78, 5) is 46.5. The number of carbonyl (C=O) groups excluding carboxylic acids is 3. The van der Waals surface area contributed by atoms with Crippen molar-refractivity contribution in [3.63, 3.8) is 0 Å². The number of nitrogens with one attached hydrogen (secondary N) is 2. The zero-order valence-electron chi connectivity index (χ0n) is 26.0. The number of anilines is 2. The van der Waals surface area contributed by atoms with Crippen molar-refractivity contribution >= 4 is 40.9 Å². The molecule has 232 valence electrons. The van der Waals surface area contributed by atoms with Crippen molar-refractivity contribution in [3.8, 4) is 0 Å². The number of hydrogen-bond donors (Lipinski definition) is 3. The first-order valence-corrected chi connectivity index (χ1v) is 16.6. The molecule has 1 spiro atoms. The Morgan fingerprint density at radius 1 is 1.07 bits per heavy atom. The van der Waals surface area contributed by atoms with Crippen molar-refractivity contribution in [3.05, 3.63) is 60.2 Å². The van der Waals surface area contributed by atoms with E-state index in [0.29, 0.717) is 18.7 Å². The molecular weight excluding hydrogens is 560 g/mol. The van der Waals surface area contributed by atoms with Crippen LogP contribution >= 0.6 is 11.8 Å². The van der Waals surface area contributed by atoms with Gasteiger partial charge in [0.15, 0.2) is 0 Å². The summed E-state index contributed by atoms with van der Waals surface area (Å²) in [5.41, 5.74) is 2.75. The Labute approximate surface area is 260 Å². The molecule has 2 aromatic rings. The van der Waals surface area contributed by atoms with E-state index in [2.05, 4.69) is 50.2 Å². The monoisotopic (exact) mass is 606 g/mol. The number of amides is 3. The molecule has 3 fully saturated rings. The van der Waals surface area contributed by atoms with Crippen LogP contribution in [0.3, 0.4) is 0 Å². The number of aliphatic hydroxyl groups excluding tert-OH is 1. The Balaban J connectivity index is 1.47. The SMILES string of the molecule is CCN(CC)c1ccc(NC(=O)C2N([C@@H](CO)CC(C)C)C(=O)[C@@H]3[C@H](C(=O)NCc4ccccc4)[C@@H]4CC(C)C23S4)cc1. The lowest BCUT2D eigenvalue weighted by Crippen LogP contribution is -2.57. The topological polar surface area (TPSA) is 102 Å². The van der Waals surface area contributed by atoms with Crippen LogP contribution in [0.25, 0.3) is 0 Å². The second-order valence-corrected chi connectivity index (χ2v) is 14.2. The van der Waals surface area contributed by atoms with Crippen molar-refractivity contribution in [2.45, 2.75) is 76.1 Å². The van der Waals surface area contributed by atoms with Crippen LogP contribution in [0.4, 0.5) is 11.4 Å². The molecule has 0 radical (unpaired) electrons. The minimum absolute atomic E-state index is 0.0387. The van der Waals surface area contributed by atoms with Crippen LogP contribution < -0.4 is 15.5 Å².